The molecule has 0 aromatic heterocycles. The second-order valence-electron chi connectivity index (χ2n) is 4.88. The van der Waals surface area contributed by atoms with Crippen LogP contribution in [0.3, 0.4) is 0 Å². The van der Waals surface area contributed by atoms with Crippen molar-refractivity contribution < 1.29 is 23.8 Å². The first kappa shape index (κ1) is 16.5. The van der Waals surface area contributed by atoms with Gasteiger partial charge in [0.25, 0.3) is 0 Å². The molecule has 2 aromatic carbocycles. The van der Waals surface area contributed by atoms with Crippen LogP contribution in [0.1, 0.15) is 22.8 Å². The fourth-order valence-corrected chi connectivity index (χ4v) is 2.19. The zero-order valence-corrected chi connectivity index (χ0v) is 13.3. The third-order valence-corrected chi connectivity index (χ3v) is 3.25. The summed E-state index contributed by atoms with van der Waals surface area (Å²) in [4.78, 5) is 23.9. The normalized spacial score (nSPS) is 10.0. The van der Waals surface area contributed by atoms with Gasteiger partial charge in [-0.3, -0.25) is 9.59 Å². The minimum atomic E-state index is -0.508. The van der Waals surface area contributed by atoms with Gasteiger partial charge in [0, 0.05) is 19.4 Å². The number of carbonyl (C=O) groups excluding carboxylic acids is 2. The molecule has 0 aliphatic rings. The Morgan fingerprint density at radius 1 is 0.913 bits per heavy atom. The lowest BCUT2D eigenvalue weighted by Gasteiger charge is -2.13. The molecule has 0 saturated heterocycles. The van der Waals surface area contributed by atoms with Crippen LogP contribution < -0.4 is 14.2 Å². The molecule has 120 valence electrons. The van der Waals surface area contributed by atoms with Gasteiger partial charge in [-0.1, -0.05) is 30.3 Å². The second kappa shape index (κ2) is 7.45. The Balaban J connectivity index is 2.41. The Morgan fingerprint density at radius 2 is 1.52 bits per heavy atom. The van der Waals surface area contributed by atoms with Crippen molar-refractivity contribution in [1.82, 2.24) is 0 Å². The molecule has 0 aliphatic heterocycles. The van der Waals surface area contributed by atoms with Crippen LogP contribution >= 0.6 is 0 Å². The highest BCUT2D eigenvalue weighted by Gasteiger charge is 2.19. The standard InChI is InChI=1S/C18H18O5/c1-12(19)23-16-11-18(22-3)17(21-2)10-14(16)15(20)9-13-7-5-4-6-8-13/h4-8,10-11H,9H2,1-3H3. The molecular weight excluding hydrogens is 296 g/mol. The Morgan fingerprint density at radius 3 is 2.09 bits per heavy atom. The minimum Gasteiger partial charge on any atom is -0.493 e. The van der Waals surface area contributed by atoms with Crippen molar-refractivity contribution in [2.75, 3.05) is 14.2 Å². The molecule has 23 heavy (non-hydrogen) atoms. The first-order chi connectivity index (χ1) is 11.0. The number of hydrogen-bond acceptors (Lipinski definition) is 5. The van der Waals surface area contributed by atoms with Crippen molar-refractivity contribution in [3.05, 3.63) is 53.6 Å². The van der Waals surface area contributed by atoms with E-state index in [2.05, 4.69) is 0 Å². The molecule has 5 nitrogen and oxygen atoms in total. The third-order valence-electron chi connectivity index (χ3n) is 3.25. The van der Waals surface area contributed by atoms with E-state index in [9.17, 15) is 9.59 Å². The highest BCUT2D eigenvalue weighted by atomic mass is 16.5. The quantitative estimate of drug-likeness (QED) is 0.466. The summed E-state index contributed by atoms with van der Waals surface area (Å²) in [5, 5.41) is 0. The van der Waals surface area contributed by atoms with Gasteiger partial charge < -0.3 is 14.2 Å². The van der Waals surface area contributed by atoms with Gasteiger partial charge in [-0.05, 0) is 11.6 Å². The largest absolute Gasteiger partial charge is 0.493 e. The van der Waals surface area contributed by atoms with Crippen LogP contribution in [-0.2, 0) is 11.2 Å². The number of methoxy groups -OCH3 is 2. The molecule has 0 N–H and O–H groups in total. The van der Waals surface area contributed by atoms with Gasteiger partial charge >= 0.3 is 5.97 Å². The van der Waals surface area contributed by atoms with Crippen LogP contribution in [0, 0.1) is 0 Å². The van der Waals surface area contributed by atoms with Crippen molar-refractivity contribution in [2.24, 2.45) is 0 Å². The SMILES string of the molecule is COc1cc(OC(C)=O)c(C(=O)Cc2ccccc2)cc1OC. The predicted octanol–water partition coefficient (Wildman–Crippen LogP) is 3.05. The number of rotatable bonds is 6. The zero-order valence-electron chi connectivity index (χ0n) is 13.3. The van der Waals surface area contributed by atoms with Crippen molar-refractivity contribution in [1.29, 1.82) is 0 Å². The van der Waals surface area contributed by atoms with Crippen LogP contribution in [0.25, 0.3) is 0 Å². The fraction of sp³-hybridized carbons (Fsp3) is 0.222. The number of ether oxygens (including phenoxy) is 3. The lowest BCUT2D eigenvalue weighted by atomic mass is 10.0. The van der Waals surface area contributed by atoms with Crippen molar-refractivity contribution in [3.8, 4) is 17.2 Å². The van der Waals surface area contributed by atoms with E-state index in [-0.39, 0.29) is 23.5 Å². The average molecular weight is 314 g/mol. The molecule has 0 fully saturated rings. The maximum absolute atomic E-state index is 12.6. The maximum atomic E-state index is 12.6. The van der Waals surface area contributed by atoms with Gasteiger partial charge in [0.05, 0.1) is 19.8 Å². The van der Waals surface area contributed by atoms with Gasteiger partial charge in [0.15, 0.2) is 17.3 Å². The first-order valence-corrected chi connectivity index (χ1v) is 7.06. The molecule has 0 amide bonds. The van der Waals surface area contributed by atoms with E-state index < -0.39 is 5.97 Å². The number of ketones is 1. The van der Waals surface area contributed by atoms with Crippen LogP contribution in [-0.4, -0.2) is 26.0 Å². The molecule has 0 radical (unpaired) electrons. The predicted molar refractivity (Wildman–Crippen MR) is 85.3 cm³/mol. The van der Waals surface area contributed by atoms with E-state index in [0.717, 1.165) is 5.56 Å². The third kappa shape index (κ3) is 4.10. The fourth-order valence-electron chi connectivity index (χ4n) is 2.19. The summed E-state index contributed by atoms with van der Waals surface area (Å²) in [6.45, 7) is 1.28. The summed E-state index contributed by atoms with van der Waals surface area (Å²) in [5.74, 6) is 0.273. The minimum absolute atomic E-state index is 0.163. The summed E-state index contributed by atoms with van der Waals surface area (Å²) in [6, 6.07) is 12.4. The smallest absolute Gasteiger partial charge is 0.308 e. The second-order valence-corrected chi connectivity index (χ2v) is 4.88. The van der Waals surface area contributed by atoms with Crippen LogP contribution in [0.2, 0.25) is 0 Å². The molecule has 5 heteroatoms. The van der Waals surface area contributed by atoms with Gasteiger partial charge in [0.2, 0.25) is 0 Å². The molecule has 0 atom stereocenters. The lowest BCUT2D eigenvalue weighted by Crippen LogP contribution is -2.10. The summed E-state index contributed by atoms with van der Waals surface area (Å²) >= 11 is 0. The van der Waals surface area contributed by atoms with Gasteiger partial charge in [-0.25, -0.2) is 0 Å². The molecule has 2 aromatic rings. The summed E-state index contributed by atoms with van der Waals surface area (Å²) in [5.41, 5.74) is 1.16. The van der Waals surface area contributed by atoms with Crippen LogP contribution in [0.15, 0.2) is 42.5 Å². The Labute approximate surface area is 134 Å². The van der Waals surface area contributed by atoms with E-state index in [1.54, 1.807) is 0 Å². The van der Waals surface area contributed by atoms with E-state index in [4.69, 9.17) is 14.2 Å². The van der Waals surface area contributed by atoms with Crippen molar-refractivity contribution in [3.63, 3.8) is 0 Å². The number of Topliss-reactive ketones (excluding diaryl/α,β-unsaturated/α-hetero) is 1. The van der Waals surface area contributed by atoms with E-state index >= 15 is 0 Å². The highest BCUT2D eigenvalue weighted by molar-refractivity contribution is 6.01. The average Bonchev–Trinajstić information content (AvgIpc) is 2.54. The van der Waals surface area contributed by atoms with E-state index in [1.165, 1.54) is 33.3 Å². The maximum Gasteiger partial charge on any atom is 0.308 e. The van der Waals surface area contributed by atoms with Crippen LogP contribution in [0.5, 0.6) is 17.2 Å². The van der Waals surface area contributed by atoms with Gasteiger partial charge in [-0.2, -0.15) is 0 Å². The van der Waals surface area contributed by atoms with E-state index in [1.807, 2.05) is 30.3 Å². The Hall–Kier alpha value is -2.82. The summed E-state index contributed by atoms with van der Waals surface area (Å²) in [7, 11) is 2.95. The van der Waals surface area contributed by atoms with Gasteiger partial charge in [0.1, 0.15) is 5.75 Å². The number of esters is 1. The Bertz CT molecular complexity index is 707. The molecule has 0 aliphatic carbocycles. The summed E-state index contributed by atoms with van der Waals surface area (Å²) in [6.07, 6.45) is 0.199. The lowest BCUT2D eigenvalue weighted by molar-refractivity contribution is -0.131. The van der Waals surface area contributed by atoms with Gasteiger partial charge in [-0.15, -0.1) is 0 Å². The van der Waals surface area contributed by atoms with Crippen molar-refractivity contribution >= 4 is 11.8 Å². The molecule has 0 spiro atoms. The molecule has 0 unspecified atom stereocenters. The zero-order chi connectivity index (χ0) is 16.8. The number of carbonyl (C=O) groups is 2. The first-order valence-electron chi connectivity index (χ1n) is 7.06. The molecule has 0 bridgehead atoms. The van der Waals surface area contributed by atoms with Crippen LogP contribution in [0.4, 0.5) is 0 Å². The monoisotopic (exact) mass is 314 g/mol. The molecule has 2 rings (SSSR count). The molecule has 0 saturated carbocycles. The Kier molecular flexibility index (Phi) is 5.36. The number of benzene rings is 2. The summed E-state index contributed by atoms with van der Waals surface area (Å²) < 4.78 is 15.6. The molecular formula is C18H18O5. The van der Waals surface area contributed by atoms with Crippen molar-refractivity contribution in [2.45, 2.75) is 13.3 Å². The highest BCUT2D eigenvalue weighted by Crippen LogP contribution is 2.35. The number of hydrogen-bond donors (Lipinski definition) is 0. The van der Waals surface area contributed by atoms with E-state index in [0.29, 0.717) is 11.5 Å². The topological polar surface area (TPSA) is 61.8 Å². The molecule has 0 heterocycles.